The minimum Gasteiger partial charge on any atom is -0.337 e. The summed E-state index contributed by atoms with van der Waals surface area (Å²) in [6, 6.07) is 3.65. The molecule has 3 nitrogen and oxygen atoms in total. The summed E-state index contributed by atoms with van der Waals surface area (Å²) >= 11 is 3.36. The van der Waals surface area contributed by atoms with Crippen molar-refractivity contribution in [2.75, 3.05) is 13.1 Å². The maximum atomic E-state index is 12.2. The number of nitrogens with zero attached hydrogens (tertiary/aromatic N) is 2. The van der Waals surface area contributed by atoms with E-state index >= 15 is 0 Å². The Balaban J connectivity index is 2.85. The molecule has 0 unspecified atom stereocenters. The highest BCUT2D eigenvalue weighted by Gasteiger charge is 2.17. The Hall–Kier alpha value is -0.900. The Bertz CT molecular complexity index is 349. The van der Waals surface area contributed by atoms with Crippen molar-refractivity contribution in [2.24, 2.45) is 0 Å². The molecule has 0 aliphatic heterocycles. The highest BCUT2D eigenvalue weighted by atomic mass is 79.9. The minimum absolute atomic E-state index is 0.0103. The molecule has 0 radical (unpaired) electrons. The summed E-state index contributed by atoms with van der Waals surface area (Å²) in [5.41, 5.74) is 0.504. The van der Waals surface area contributed by atoms with Gasteiger partial charge in [-0.3, -0.25) is 4.79 Å². The lowest BCUT2D eigenvalue weighted by Gasteiger charge is -2.21. The van der Waals surface area contributed by atoms with Gasteiger partial charge in [0.2, 0.25) is 0 Å². The van der Waals surface area contributed by atoms with Crippen LogP contribution in [0.2, 0.25) is 0 Å². The fraction of sp³-hybridized carbons (Fsp3) is 0.500. The van der Waals surface area contributed by atoms with Crippen LogP contribution in [-0.4, -0.2) is 28.9 Å². The lowest BCUT2D eigenvalue weighted by Crippen LogP contribution is -2.33. The van der Waals surface area contributed by atoms with E-state index in [1.54, 1.807) is 6.20 Å². The molecule has 16 heavy (non-hydrogen) atoms. The molecule has 0 spiro atoms. The van der Waals surface area contributed by atoms with E-state index in [4.69, 9.17) is 0 Å². The summed E-state index contributed by atoms with van der Waals surface area (Å²) in [4.78, 5) is 18.2. The number of halogens is 1. The van der Waals surface area contributed by atoms with Crippen molar-refractivity contribution in [3.63, 3.8) is 0 Å². The van der Waals surface area contributed by atoms with Gasteiger partial charge in [-0.2, -0.15) is 0 Å². The molecule has 0 fully saturated rings. The summed E-state index contributed by atoms with van der Waals surface area (Å²) in [6.45, 7) is 5.72. The number of pyridine rings is 1. The number of carbonyl (C=O) groups excluding carboxylic acids is 1. The standard InChI is InChI=1S/C12H17BrN2O/c1-3-8-15(9-4-2)12(16)11-10(13)6-5-7-14-11/h5-7H,3-4,8-9H2,1-2H3. The van der Waals surface area contributed by atoms with E-state index in [0.29, 0.717) is 5.69 Å². The van der Waals surface area contributed by atoms with E-state index in [9.17, 15) is 4.79 Å². The van der Waals surface area contributed by atoms with Gasteiger partial charge in [0, 0.05) is 23.8 Å². The third-order valence-corrected chi connectivity index (χ3v) is 2.88. The maximum Gasteiger partial charge on any atom is 0.273 e. The first-order valence-electron chi connectivity index (χ1n) is 5.60. The Kier molecular flexibility index (Phi) is 5.46. The molecule has 1 heterocycles. The molecular weight excluding hydrogens is 268 g/mol. The molecule has 0 aliphatic carbocycles. The average Bonchev–Trinajstić information content (AvgIpc) is 2.28. The van der Waals surface area contributed by atoms with E-state index in [0.717, 1.165) is 30.4 Å². The van der Waals surface area contributed by atoms with Gasteiger partial charge >= 0.3 is 0 Å². The molecule has 0 saturated heterocycles. The van der Waals surface area contributed by atoms with Gasteiger partial charge in [-0.15, -0.1) is 0 Å². The minimum atomic E-state index is 0.0103. The zero-order chi connectivity index (χ0) is 12.0. The smallest absolute Gasteiger partial charge is 0.273 e. The van der Waals surface area contributed by atoms with Gasteiger partial charge < -0.3 is 4.90 Å². The van der Waals surface area contributed by atoms with Crippen molar-refractivity contribution >= 4 is 21.8 Å². The zero-order valence-electron chi connectivity index (χ0n) is 9.74. The van der Waals surface area contributed by atoms with Gasteiger partial charge in [0.15, 0.2) is 0 Å². The second kappa shape index (κ2) is 6.63. The molecule has 1 aromatic rings. The lowest BCUT2D eigenvalue weighted by molar-refractivity contribution is 0.0748. The number of hydrogen-bond acceptors (Lipinski definition) is 2. The van der Waals surface area contributed by atoms with E-state index in [-0.39, 0.29) is 5.91 Å². The summed E-state index contributed by atoms with van der Waals surface area (Å²) < 4.78 is 0.761. The van der Waals surface area contributed by atoms with Crippen LogP contribution < -0.4 is 0 Å². The second-order valence-electron chi connectivity index (χ2n) is 3.63. The van der Waals surface area contributed by atoms with Crippen LogP contribution in [0.4, 0.5) is 0 Å². The van der Waals surface area contributed by atoms with Crippen molar-refractivity contribution in [2.45, 2.75) is 26.7 Å². The van der Waals surface area contributed by atoms with Gasteiger partial charge in [-0.1, -0.05) is 13.8 Å². The van der Waals surface area contributed by atoms with Crippen LogP contribution in [0.1, 0.15) is 37.2 Å². The number of rotatable bonds is 5. The summed E-state index contributed by atoms with van der Waals surface area (Å²) in [5.74, 6) is 0.0103. The monoisotopic (exact) mass is 284 g/mol. The van der Waals surface area contributed by atoms with Crippen LogP contribution in [0.3, 0.4) is 0 Å². The van der Waals surface area contributed by atoms with Crippen molar-refractivity contribution in [3.8, 4) is 0 Å². The molecule has 0 atom stereocenters. The molecule has 0 saturated carbocycles. The first kappa shape index (κ1) is 13.2. The number of hydrogen-bond donors (Lipinski definition) is 0. The van der Waals surface area contributed by atoms with E-state index in [1.165, 1.54) is 0 Å². The molecule has 1 aromatic heterocycles. The van der Waals surface area contributed by atoms with E-state index in [2.05, 4.69) is 34.8 Å². The SMILES string of the molecule is CCCN(CCC)C(=O)c1ncccc1Br. The average molecular weight is 285 g/mol. The van der Waals surface area contributed by atoms with Gasteiger partial charge in [0.1, 0.15) is 5.69 Å². The van der Waals surface area contributed by atoms with Crippen molar-refractivity contribution in [1.82, 2.24) is 9.88 Å². The first-order chi connectivity index (χ1) is 7.70. The lowest BCUT2D eigenvalue weighted by atomic mass is 10.3. The Morgan fingerprint density at radius 1 is 1.38 bits per heavy atom. The normalized spacial score (nSPS) is 10.2. The van der Waals surface area contributed by atoms with Gasteiger partial charge in [0.25, 0.3) is 5.91 Å². The van der Waals surface area contributed by atoms with Crippen molar-refractivity contribution < 1.29 is 4.79 Å². The van der Waals surface area contributed by atoms with Crippen LogP contribution in [0.5, 0.6) is 0 Å². The quantitative estimate of drug-likeness (QED) is 0.832. The molecule has 1 amide bonds. The Labute approximate surface area is 105 Å². The number of amides is 1. The predicted molar refractivity (Wildman–Crippen MR) is 68.4 cm³/mol. The summed E-state index contributed by atoms with van der Waals surface area (Å²) in [7, 11) is 0. The summed E-state index contributed by atoms with van der Waals surface area (Å²) in [6.07, 6.45) is 3.58. The van der Waals surface area contributed by atoms with Crippen molar-refractivity contribution in [1.29, 1.82) is 0 Å². The van der Waals surface area contributed by atoms with Crippen LogP contribution in [0.15, 0.2) is 22.8 Å². The predicted octanol–water partition coefficient (Wildman–Crippen LogP) is 3.11. The highest BCUT2D eigenvalue weighted by molar-refractivity contribution is 9.10. The van der Waals surface area contributed by atoms with Gasteiger partial charge in [0.05, 0.1) is 0 Å². The molecule has 4 heteroatoms. The van der Waals surface area contributed by atoms with Crippen LogP contribution in [-0.2, 0) is 0 Å². The first-order valence-corrected chi connectivity index (χ1v) is 6.39. The highest BCUT2D eigenvalue weighted by Crippen LogP contribution is 2.15. The van der Waals surface area contributed by atoms with Gasteiger partial charge in [-0.05, 0) is 40.9 Å². The zero-order valence-corrected chi connectivity index (χ0v) is 11.3. The Morgan fingerprint density at radius 2 is 2.00 bits per heavy atom. The van der Waals surface area contributed by atoms with E-state index in [1.807, 2.05) is 17.0 Å². The van der Waals surface area contributed by atoms with Crippen molar-refractivity contribution in [3.05, 3.63) is 28.5 Å². The van der Waals surface area contributed by atoms with Crippen LogP contribution in [0, 0.1) is 0 Å². The van der Waals surface area contributed by atoms with Crippen LogP contribution >= 0.6 is 15.9 Å². The fourth-order valence-corrected chi connectivity index (χ4v) is 1.97. The molecule has 0 bridgehead atoms. The maximum absolute atomic E-state index is 12.2. The van der Waals surface area contributed by atoms with Gasteiger partial charge in [-0.25, -0.2) is 4.98 Å². The molecule has 0 aliphatic rings. The summed E-state index contributed by atoms with van der Waals surface area (Å²) in [5, 5.41) is 0. The second-order valence-corrected chi connectivity index (χ2v) is 4.48. The van der Waals surface area contributed by atoms with Crippen LogP contribution in [0.25, 0.3) is 0 Å². The molecule has 88 valence electrons. The topological polar surface area (TPSA) is 33.2 Å². The molecule has 0 aromatic carbocycles. The molecule has 1 rings (SSSR count). The molecular formula is C12H17BrN2O. The fourth-order valence-electron chi connectivity index (χ4n) is 1.55. The number of aromatic nitrogens is 1. The largest absolute Gasteiger partial charge is 0.337 e. The van der Waals surface area contributed by atoms with E-state index < -0.39 is 0 Å². The molecule has 0 N–H and O–H groups in total. The third kappa shape index (κ3) is 3.30. The third-order valence-electron chi connectivity index (χ3n) is 2.24. The number of carbonyl (C=O) groups is 1. The Morgan fingerprint density at radius 3 is 2.50 bits per heavy atom.